The van der Waals surface area contributed by atoms with Crippen molar-refractivity contribution < 1.29 is 13.9 Å². The second-order valence-corrected chi connectivity index (χ2v) is 5.90. The van der Waals surface area contributed by atoms with Crippen LogP contribution in [0.15, 0.2) is 23.5 Å². The van der Waals surface area contributed by atoms with Gasteiger partial charge in [-0.05, 0) is 12.3 Å². The van der Waals surface area contributed by atoms with Crippen molar-refractivity contribution in [3.05, 3.63) is 24.1 Å². The van der Waals surface area contributed by atoms with Crippen molar-refractivity contribution in [3.63, 3.8) is 0 Å². The molecule has 0 aliphatic heterocycles. The average Bonchev–Trinajstić information content (AvgIpc) is 2.98. The average molecular weight is 344 g/mol. The summed E-state index contributed by atoms with van der Waals surface area (Å²) in [5, 5.41) is 2.38. The van der Waals surface area contributed by atoms with E-state index >= 15 is 0 Å². The third-order valence-electron chi connectivity index (χ3n) is 3.88. The lowest BCUT2D eigenvalue weighted by atomic mass is 10.1. The van der Waals surface area contributed by atoms with Gasteiger partial charge in [0.1, 0.15) is 11.4 Å². The molecule has 0 aliphatic rings. The van der Waals surface area contributed by atoms with Gasteiger partial charge < -0.3 is 14.5 Å². The Bertz CT molecular complexity index is 1100. The smallest absolute Gasteiger partial charge is 0.189 e. The van der Waals surface area contributed by atoms with Crippen LogP contribution in [-0.2, 0) is 0 Å². The molecule has 1 aromatic carbocycles. The summed E-state index contributed by atoms with van der Waals surface area (Å²) < 4.78 is 25.3. The summed E-state index contributed by atoms with van der Waals surface area (Å²) in [6.07, 6.45) is 3.59. The lowest BCUT2D eigenvalue weighted by Crippen LogP contribution is -1.92. The van der Waals surface area contributed by atoms with Gasteiger partial charge in [-0.1, -0.05) is 11.8 Å². The first-order valence-corrected chi connectivity index (χ1v) is 8.32. The summed E-state index contributed by atoms with van der Waals surface area (Å²) in [5.41, 5.74) is 1.63. The zero-order chi connectivity index (χ0) is 16.8. The van der Waals surface area contributed by atoms with E-state index in [1.165, 1.54) is 32.0 Å². The molecule has 0 spiro atoms. The number of pyridine rings is 1. The third-order valence-corrected chi connectivity index (χ3v) is 4.44. The lowest BCUT2D eigenvalue weighted by Gasteiger charge is -2.07. The van der Waals surface area contributed by atoms with Crippen molar-refractivity contribution in [3.8, 4) is 11.5 Å². The summed E-state index contributed by atoms with van der Waals surface area (Å²) in [7, 11) is 2.95. The van der Waals surface area contributed by atoms with E-state index in [9.17, 15) is 4.39 Å². The highest BCUT2D eigenvalue weighted by Crippen LogP contribution is 2.38. The Morgan fingerprint density at radius 2 is 1.92 bits per heavy atom. The zero-order valence-electron chi connectivity index (χ0n) is 13.2. The van der Waals surface area contributed by atoms with Gasteiger partial charge in [-0.3, -0.25) is 0 Å². The van der Waals surface area contributed by atoms with Crippen LogP contribution >= 0.6 is 11.8 Å². The van der Waals surface area contributed by atoms with E-state index in [2.05, 4.69) is 19.9 Å². The number of hydrogen-bond donors (Lipinski definition) is 1. The van der Waals surface area contributed by atoms with Crippen molar-refractivity contribution >= 4 is 44.7 Å². The number of ether oxygens (including phenoxy) is 2. The fourth-order valence-electron chi connectivity index (χ4n) is 2.75. The number of benzene rings is 1. The van der Waals surface area contributed by atoms with Crippen LogP contribution in [0, 0.1) is 5.82 Å². The molecule has 0 aliphatic carbocycles. The molecule has 0 amide bonds. The van der Waals surface area contributed by atoms with Gasteiger partial charge in [0.25, 0.3) is 0 Å². The number of nitrogens with one attached hydrogen (secondary N) is 1. The molecular weight excluding hydrogens is 331 g/mol. The van der Waals surface area contributed by atoms with Crippen molar-refractivity contribution in [1.82, 2.24) is 19.9 Å². The maximum Gasteiger partial charge on any atom is 0.189 e. The molecule has 1 N–H and O–H groups in total. The van der Waals surface area contributed by atoms with Gasteiger partial charge in [-0.2, -0.15) is 0 Å². The second kappa shape index (κ2) is 5.48. The minimum atomic E-state index is -0.456. The molecule has 8 heteroatoms. The molecule has 0 atom stereocenters. The predicted octanol–water partition coefficient (Wildman–Crippen LogP) is 3.54. The predicted molar refractivity (Wildman–Crippen MR) is 91.5 cm³/mol. The first-order valence-electron chi connectivity index (χ1n) is 7.10. The minimum absolute atomic E-state index is 0.120. The van der Waals surface area contributed by atoms with Gasteiger partial charge in [0.15, 0.2) is 22.4 Å². The van der Waals surface area contributed by atoms with Crippen molar-refractivity contribution in [2.45, 2.75) is 5.16 Å². The van der Waals surface area contributed by atoms with Gasteiger partial charge in [0.05, 0.1) is 25.1 Å². The number of aromatic amines is 1. The van der Waals surface area contributed by atoms with Crippen LogP contribution in [0.5, 0.6) is 11.5 Å². The van der Waals surface area contributed by atoms with Crippen LogP contribution < -0.4 is 9.47 Å². The topological polar surface area (TPSA) is 72.9 Å². The van der Waals surface area contributed by atoms with E-state index < -0.39 is 5.82 Å². The number of fused-ring (bicyclic) bond motifs is 4. The van der Waals surface area contributed by atoms with Crippen LogP contribution in [0.1, 0.15) is 0 Å². The SMILES string of the molecule is COc1cc(OC)c2[nH]c3nc4nc(SC)ncc4cc3c2c1F. The molecule has 3 aromatic heterocycles. The Balaban J connectivity index is 2.15. The Morgan fingerprint density at radius 3 is 2.62 bits per heavy atom. The van der Waals surface area contributed by atoms with E-state index in [4.69, 9.17) is 9.47 Å². The summed E-state index contributed by atoms with van der Waals surface area (Å²) in [5.74, 6) is 0.151. The fourth-order valence-corrected chi connectivity index (χ4v) is 3.08. The highest BCUT2D eigenvalue weighted by atomic mass is 32.2. The highest BCUT2D eigenvalue weighted by molar-refractivity contribution is 7.98. The Kier molecular flexibility index (Phi) is 3.42. The normalized spacial score (nSPS) is 11.5. The molecule has 4 rings (SSSR count). The summed E-state index contributed by atoms with van der Waals surface area (Å²) >= 11 is 1.44. The molecule has 3 heterocycles. The molecule has 0 radical (unpaired) electrons. The van der Waals surface area contributed by atoms with Crippen LogP contribution in [-0.4, -0.2) is 40.4 Å². The van der Waals surface area contributed by atoms with Crippen molar-refractivity contribution in [2.75, 3.05) is 20.5 Å². The number of halogens is 1. The van der Waals surface area contributed by atoms with E-state index in [-0.39, 0.29) is 5.75 Å². The molecule has 4 aromatic rings. The first-order chi connectivity index (χ1) is 11.7. The standard InChI is InChI=1S/C16H13FN4O2S/c1-22-9-5-10(23-2)13-11(12(9)17)8-4-7-6-18-16(24-3)21-14(7)20-15(8)19-13/h4-6H,1-3H3,(H,18,19,20,21). The van der Waals surface area contributed by atoms with Gasteiger partial charge in [0.2, 0.25) is 0 Å². The summed E-state index contributed by atoms with van der Waals surface area (Å²) in [6, 6.07) is 3.33. The molecule has 122 valence electrons. The van der Waals surface area contributed by atoms with Crippen molar-refractivity contribution in [1.29, 1.82) is 0 Å². The molecule has 0 fully saturated rings. The number of thioether (sulfide) groups is 1. The number of H-pyrrole nitrogens is 1. The lowest BCUT2D eigenvalue weighted by molar-refractivity contribution is 0.378. The van der Waals surface area contributed by atoms with Crippen LogP contribution in [0.3, 0.4) is 0 Å². The van der Waals surface area contributed by atoms with Gasteiger partial charge in [-0.25, -0.2) is 19.3 Å². The highest BCUT2D eigenvalue weighted by Gasteiger charge is 2.19. The number of methoxy groups -OCH3 is 2. The number of nitrogens with zero attached hydrogens (tertiary/aromatic N) is 3. The number of rotatable bonds is 3. The molecule has 0 bridgehead atoms. The maximum absolute atomic E-state index is 14.8. The molecule has 24 heavy (non-hydrogen) atoms. The van der Waals surface area contributed by atoms with Crippen LogP contribution in [0.2, 0.25) is 0 Å². The second-order valence-electron chi connectivity index (χ2n) is 5.12. The van der Waals surface area contributed by atoms with E-state index in [0.717, 1.165) is 5.39 Å². The van der Waals surface area contributed by atoms with Crippen LogP contribution in [0.4, 0.5) is 4.39 Å². The minimum Gasteiger partial charge on any atom is -0.494 e. The number of aromatic nitrogens is 4. The third kappa shape index (κ3) is 2.06. The van der Waals surface area contributed by atoms with E-state index in [0.29, 0.717) is 38.5 Å². The van der Waals surface area contributed by atoms with Crippen molar-refractivity contribution in [2.24, 2.45) is 0 Å². The van der Waals surface area contributed by atoms with E-state index in [1.807, 2.05) is 12.3 Å². The molecule has 0 saturated heterocycles. The van der Waals surface area contributed by atoms with Crippen LogP contribution in [0.25, 0.3) is 33.0 Å². The Morgan fingerprint density at radius 1 is 1.12 bits per heavy atom. The first kappa shape index (κ1) is 14.9. The maximum atomic E-state index is 14.8. The Labute approximate surface area is 140 Å². The summed E-state index contributed by atoms with van der Waals surface area (Å²) in [6.45, 7) is 0. The van der Waals surface area contributed by atoms with Gasteiger partial charge >= 0.3 is 0 Å². The summed E-state index contributed by atoms with van der Waals surface area (Å²) in [4.78, 5) is 16.3. The monoisotopic (exact) mass is 344 g/mol. The van der Waals surface area contributed by atoms with Gasteiger partial charge in [0, 0.05) is 23.0 Å². The fraction of sp³-hybridized carbons (Fsp3) is 0.188. The Hall–Kier alpha value is -2.61. The molecular formula is C16H13FN4O2S. The zero-order valence-corrected chi connectivity index (χ0v) is 14.0. The molecule has 0 unspecified atom stereocenters. The number of hydrogen-bond acceptors (Lipinski definition) is 6. The quantitative estimate of drug-likeness (QED) is 0.453. The van der Waals surface area contributed by atoms with Gasteiger partial charge in [-0.15, -0.1) is 0 Å². The molecule has 0 saturated carbocycles. The largest absolute Gasteiger partial charge is 0.494 e. The van der Waals surface area contributed by atoms with E-state index in [1.54, 1.807) is 6.20 Å². The molecule has 6 nitrogen and oxygen atoms in total.